The second kappa shape index (κ2) is 7.46. The van der Waals surface area contributed by atoms with Gasteiger partial charge in [0.25, 0.3) is 0 Å². The Bertz CT molecular complexity index is 1600. The molecule has 0 spiro atoms. The van der Waals surface area contributed by atoms with Crippen LogP contribution in [0.25, 0.3) is 38.6 Å². The highest BCUT2D eigenvalue weighted by molar-refractivity contribution is 5.88. The molecule has 0 unspecified atom stereocenters. The summed E-state index contributed by atoms with van der Waals surface area (Å²) in [4.78, 5) is 8.96. The van der Waals surface area contributed by atoms with Crippen molar-refractivity contribution in [2.75, 3.05) is 7.11 Å². The van der Waals surface area contributed by atoms with E-state index in [1.54, 1.807) is 7.11 Å². The Labute approximate surface area is 184 Å². The van der Waals surface area contributed by atoms with Crippen LogP contribution in [0.5, 0.6) is 5.75 Å². The predicted molar refractivity (Wildman–Crippen MR) is 127 cm³/mol. The van der Waals surface area contributed by atoms with Crippen LogP contribution in [0, 0.1) is 0 Å². The van der Waals surface area contributed by atoms with E-state index in [9.17, 15) is 0 Å². The molecule has 0 N–H and O–H groups in total. The fourth-order valence-corrected chi connectivity index (χ4v) is 4.15. The molecule has 3 aromatic carbocycles. The van der Waals surface area contributed by atoms with Crippen LogP contribution >= 0.6 is 0 Å². The molecular formula is C27H20N4O. The van der Waals surface area contributed by atoms with Crippen molar-refractivity contribution >= 4 is 27.3 Å². The first-order valence-corrected chi connectivity index (χ1v) is 10.5. The Kier molecular flexibility index (Phi) is 4.32. The van der Waals surface area contributed by atoms with Crippen molar-refractivity contribution in [2.24, 2.45) is 0 Å². The molecule has 5 heteroatoms. The first kappa shape index (κ1) is 18.5. The second-order valence-corrected chi connectivity index (χ2v) is 7.87. The molecule has 6 rings (SSSR count). The van der Waals surface area contributed by atoms with Gasteiger partial charge in [0, 0.05) is 23.6 Å². The molecule has 3 aromatic heterocycles. The first-order valence-electron chi connectivity index (χ1n) is 10.5. The van der Waals surface area contributed by atoms with Crippen molar-refractivity contribution in [2.45, 2.75) is 6.42 Å². The molecule has 0 saturated heterocycles. The molecule has 0 bridgehead atoms. The van der Waals surface area contributed by atoms with Crippen molar-refractivity contribution in [1.29, 1.82) is 0 Å². The van der Waals surface area contributed by atoms with Crippen LogP contribution in [-0.4, -0.2) is 26.7 Å². The van der Waals surface area contributed by atoms with Gasteiger partial charge in [0.05, 0.1) is 30.2 Å². The van der Waals surface area contributed by atoms with Gasteiger partial charge < -0.3 is 4.74 Å². The van der Waals surface area contributed by atoms with E-state index >= 15 is 0 Å². The summed E-state index contributed by atoms with van der Waals surface area (Å²) in [7, 11) is 1.69. The van der Waals surface area contributed by atoms with Crippen LogP contribution < -0.4 is 4.74 Å². The third-order valence-electron chi connectivity index (χ3n) is 5.83. The molecule has 154 valence electrons. The minimum Gasteiger partial charge on any atom is -0.497 e. The molecule has 0 fully saturated rings. The maximum absolute atomic E-state index is 5.34. The van der Waals surface area contributed by atoms with Crippen LogP contribution in [0.15, 0.2) is 91.3 Å². The van der Waals surface area contributed by atoms with Gasteiger partial charge in [-0.3, -0.25) is 4.98 Å². The molecular weight excluding hydrogens is 396 g/mol. The van der Waals surface area contributed by atoms with Gasteiger partial charge in [0.15, 0.2) is 5.65 Å². The molecule has 0 aliphatic rings. The fourth-order valence-electron chi connectivity index (χ4n) is 4.15. The lowest BCUT2D eigenvalue weighted by Gasteiger charge is -2.07. The smallest absolute Gasteiger partial charge is 0.153 e. The van der Waals surface area contributed by atoms with Crippen molar-refractivity contribution in [3.05, 3.63) is 103 Å². The minimum absolute atomic E-state index is 0.750. The van der Waals surface area contributed by atoms with E-state index in [-0.39, 0.29) is 0 Å². The summed E-state index contributed by atoms with van der Waals surface area (Å²) in [6.07, 6.45) is 4.48. The number of methoxy groups -OCH3 is 1. The molecule has 0 radical (unpaired) electrons. The molecule has 0 atom stereocenters. The number of pyridine rings is 1. The maximum Gasteiger partial charge on any atom is 0.153 e. The summed E-state index contributed by atoms with van der Waals surface area (Å²) >= 11 is 0. The number of fused-ring (bicyclic) bond motifs is 3. The summed E-state index contributed by atoms with van der Waals surface area (Å²) in [5.41, 5.74) is 6.09. The molecule has 0 amide bonds. The van der Waals surface area contributed by atoms with Crippen LogP contribution in [0.3, 0.4) is 0 Å². The quantitative estimate of drug-likeness (QED) is 0.370. The zero-order valence-electron chi connectivity index (χ0n) is 17.6. The number of nitrogens with zero attached hydrogens (tertiary/aromatic N) is 4. The van der Waals surface area contributed by atoms with Crippen LogP contribution in [-0.2, 0) is 6.42 Å². The molecule has 5 nitrogen and oxygen atoms in total. The van der Waals surface area contributed by atoms with Crippen molar-refractivity contribution in [3.63, 3.8) is 0 Å². The van der Waals surface area contributed by atoms with E-state index < -0.39 is 0 Å². The molecule has 6 aromatic rings. The van der Waals surface area contributed by atoms with E-state index in [2.05, 4.69) is 58.5 Å². The lowest BCUT2D eigenvalue weighted by molar-refractivity contribution is 0.415. The molecule has 0 saturated carbocycles. The van der Waals surface area contributed by atoms with E-state index in [0.717, 1.165) is 56.4 Å². The van der Waals surface area contributed by atoms with Crippen LogP contribution in [0.4, 0.5) is 0 Å². The van der Waals surface area contributed by atoms with Crippen molar-refractivity contribution in [3.8, 4) is 17.0 Å². The zero-order chi connectivity index (χ0) is 21.5. The Morgan fingerprint density at radius 3 is 2.66 bits per heavy atom. The van der Waals surface area contributed by atoms with E-state index in [0.29, 0.717) is 0 Å². The van der Waals surface area contributed by atoms with Gasteiger partial charge in [-0.05, 0) is 64.9 Å². The summed E-state index contributed by atoms with van der Waals surface area (Å²) in [6.45, 7) is 0. The zero-order valence-corrected chi connectivity index (χ0v) is 17.6. The van der Waals surface area contributed by atoms with Gasteiger partial charge in [-0.15, -0.1) is 0 Å². The van der Waals surface area contributed by atoms with Gasteiger partial charge in [0.2, 0.25) is 0 Å². The van der Waals surface area contributed by atoms with Crippen molar-refractivity contribution in [1.82, 2.24) is 19.6 Å². The monoisotopic (exact) mass is 416 g/mol. The number of hydrogen-bond donors (Lipinski definition) is 0. The maximum atomic E-state index is 5.34. The molecule has 0 aliphatic heterocycles. The number of hydrogen-bond acceptors (Lipinski definition) is 4. The highest BCUT2D eigenvalue weighted by atomic mass is 16.5. The Hall–Kier alpha value is -4.25. The predicted octanol–water partition coefficient (Wildman–Crippen LogP) is 5.70. The SMILES string of the molecule is COc1ccc2cc(-c3ccc4ncc(Cc5ccc6ncccc6c5)n4n3)ccc2c1. The second-order valence-electron chi connectivity index (χ2n) is 7.87. The minimum atomic E-state index is 0.750. The Morgan fingerprint density at radius 2 is 1.72 bits per heavy atom. The lowest BCUT2D eigenvalue weighted by Crippen LogP contribution is -2.00. The molecule has 32 heavy (non-hydrogen) atoms. The topological polar surface area (TPSA) is 52.3 Å². The first-order chi connectivity index (χ1) is 15.8. The van der Waals surface area contributed by atoms with E-state index in [4.69, 9.17) is 9.84 Å². The van der Waals surface area contributed by atoms with Crippen LogP contribution in [0.1, 0.15) is 11.3 Å². The number of benzene rings is 3. The standard InChI is InChI=1S/C27H20N4O/c1-32-24-8-7-19-15-22(6-5-20(19)16-24)26-10-11-27-29-17-23(31(27)30-26)14-18-4-9-25-21(13-18)3-2-12-28-25/h2-13,15-17H,14H2,1H3. The summed E-state index contributed by atoms with van der Waals surface area (Å²) in [5, 5.41) is 8.36. The largest absolute Gasteiger partial charge is 0.497 e. The van der Waals surface area contributed by atoms with Gasteiger partial charge in [-0.1, -0.05) is 30.3 Å². The highest BCUT2D eigenvalue weighted by Gasteiger charge is 2.09. The third-order valence-corrected chi connectivity index (χ3v) is 5.83. The fraction of sp³-hybridized carbons (Fsp3) is 0.0741. The van der Waals surface area contributed by atoms with Crippen LogP contribution in [0.2, 0.25) is 0 Å². The average molecular weight is 416 g/mol. The third kappa shape index (κ3) is 3.24. The van der Waals surface area contributed by atoms with Gasteiger partial charge in [-0.2, -0.15) is 5.10 Å². The average Bonchev–Trinajstić information content (AvgIpc) is 3.25. The summed E-state index contributed by atoms with van der Waals surface area (Å²) in [5.74, 6) is 0.859. The number of aromatic nitrogens is 4. The summed E-state index contributed by atoms with van der Waals surface area (Å²) in [6, 6.07) is 26.9. The summed E-state index contributed by atoms with van der Waals surface area (Å²) < 4.78 is 7.28. The lowest BCUT2D eigenvalue weighted by atomic mass is 10.0. The number of rotatable bonds is 4. The Morgan fingerprint density at radius 1 is 0.812 bits per heavy atom. The molecule has 3 heterocycles. The van der Waals surface area contributed by atoms with E-state index in [1.807, 2.05) is 47.2 Å². The van der Waals surface area contributed by atoms with Crippen molar-refractivity contribution < 1.29 is 4.74 Å². The van der Waals surface area contributed by atoms with Gasteiger partial charge in [-0.25, -0.2) is 9.50 Å². The number of ether oxygens (including phenoxy) is 1. The Balaban J connectivity index is 1.38. The normalized spacial score (nSPS) is 11.4. The van der Waals surface area contributed by atoms with Gasteiger partial charge in [0.1, 0.15) is 5.75 Å². The van der Waals surface area contributed by atoms with Gasteiger partial charge >= 0.3 is 0 Å². The molecule has 0 aliphatic carbocycles. The van der Waals surface area contributed by atoms with E-state index in [1.165, 1.54) is 5.56 Å². The highest BCUT2D eigenvalue weighted by Crippen LogP contribution is 2.26. The number of imidazole rings is 1.